The van der Waals surface area contributed by atoms with Crippen molar-refractivity contribution in [1.29, 1.82) is 0 Å². The quantitative estimate of drug-likeness (QED) is 0.674. The van der Waals surface area contributed by atoms with Gasteiger partial charge in [0, 0.05) is 18.1 Å². The Bertz CT molecular complexity index is 589. The van der Waals surface area contributed by atoms with Crippen LogP contribution in [0.2, 0.25) is 5.02 Å². The van der Waals surface area contributed by atoms with Gasteiger partial charge in [0.1, 0.15) is 11.6 Å². The molecule has 1 N–H and O–H groups in total. The van der Waals surface area contributed by atoms with Crippen molar-refractivity contribution in [3.8, 4) is 11.6 Å². The van der Waals surface area contributed by atoms with Crippen LogP contribution >= 0.6 is 23.4 Å². The number of hydrogen-bond donors (Lipinski definition) is 1. The number of aryl methyl sites for hydroxylation is 2. The molecule has 2 aromatic rings. The summed E-state index contributed by atoms with van der Waals surface area (Å²) < 4.78 is 5.92. The van der Waals surface area contributed by atoms with Crippen molar-refractivity contribution in [2.24, 2.45) is 0 Å². The first kappa shape index (κ1) is 14.9. The fourth-order valence-electron chi connectivity index (χ4n) is 1.84. The molecular formula is C14H16ClN3OS. The molecule has 6 heteroatoms. The van der Waals surface area contributed by atoms with Crippen LogP contribution in [0.5, 0.6) is 11.6 Å². The van der Waals surface area contributed by atoms with Crippen LogP contribution in [0.15, 0.2) is 23.4 Å². The molecule has 0 aliphatic heterocycles. The highest BCUT2D eigenvalue weighted by molar-refractivity contribution is 7.98. The van der Waals surface area contributed by atoms with E-state index in [9.17, 15) is 0 Å². The molecule has 0 saturated heterocycles. The second-order valence-electron chi connectivity index (χ2n) is 4.30. The van der Waals surface area contributed by atoms with Gasteiger partial charge < -0.3 is 10.1 Å². The Balaban J connectivity index is 2.39. The monoisotopic (exact) mass is 309 g/mol. The lowest BCUT2D eigenvalue weighted by molar-refractivity contribution is 0.449. The first-order valence-corrected chi connectivity index (χ1v) is 7.69. The molecule has 2 rings (SSSR count). The number of rotatable bonds is 4. The molecule has 0 radical (unpaired) electrons. The molecule has 20 heavy (non-hydrogen) atoms. The molecule has 0 bridgehead atoms. The third-order valence-electron chi connectivity index (χ3n) is 2.75. The maximum Gasteiger partial charge on any atom is 0.225 e. The molecule has 106 valence electrons. The van der Waals surface area contributed by atoms with Crippen LogP contribution in [-0.4, -0.2) is 23.3 Å². The number of nitrogens with one attached hydrogen (secondary N) is 1. The second-order valence-corrected chi connectivity index (χ2v) is 5.51. The van der Waals surface area contributed by atoms with Gasteiger partial charge in [-0.05, 0) is 43.4 Å². The van der Waals surface area contributed by atoms with Gasteiger partial charge in [-0.25, -0.2) is 4.98 Å². The average Bonchev–Trinajstić information content (AvgIpc) is 2.42. The largest absolute Gasteiger partial charge is 0.438 e. The van der Waals surface area contributed by atoms with Crippen LogP contribution in [0.3, 0.4) is 0 Å². The van der Waals surface area contributed by atoms with Gasteiger partial charge in [-0.3, -0.25) is 0 Å². The summed E-state index contributed by atoms with van der Waals surface area (Å²) >= 11 is 7.50. The van der Waals surface area contributed by atoms with Crippen LogP contribution in [0.1, 0.15) is 11.1 Å². The molecule has 0 unspecified atom stereocenters. The lowest BCUT2D eigenvalue weighted by Crippen LogP contribution is -1.99. The van der Waals surface area contributed by atoms with Gasteiger partial charge in [-0.2, -0.15) is 4.98 Å². The number of thioether (sulfide) groups is 1. The van der Waals surface area contributed by atoms with Gasteiger partial charge in [-0.15, -0.1) is 0 Å². The highest BCUT2D eigenvalue weighted by Gasteiger charge is 2.10. The Kier molecular flexibility index (Phi) is 4.73. The maximum absolute atomic E-state index is 6.03. The van der Waals surface area contributed by atoms with E-state index in [2.05, 4.69) is 15.3 Å². The van der Waals surface area contributed by atoms with Crippen molar-refractivity contribution >= 4 is 29.2 Å². The number of nitrogens with zero attached hydrogens (tertiary/aromatic N) is 2. The smallest absolute Gasteiger partial charge is 0.225 e. The number of benzene rings is 1. The number of halogens is 1. The van der Waals surface area contributed by atoms with Crippen molar-refractivity contribution in [1.82, 2.24) is 9.97 Å². The van der Waals surface area contributed by atoms with Gasteiger partial charge in [-0.1, -0.05) is 23.4 Å². The summed E-state index contributed by atoms with van der Waals surface area (Å²) in [4.78, 5) is 8.67. The van der Waals surface area contributed by atoms with E-state index >= 15 is 0 Å². The number of ether oxygens (including phenoxy) is 1. The maximum atomic E-state index is 6.03. The van der Waals surface area contributed by atoms with E-state index in [0.717, 1.165) is 22.7 Å². The van der Waals surface area contributed by atoms with Gasteiger partial charge in [0.25, 0.3) is 0 Å². The zero-order valence-electron chi connectivity index (χ0n) is 11.8. The fourth-order valence-corrected chi connectivity index (χ4v) is 2.54. The summed E-state index contributed by atoms with van der Waals surface area (Å²) in [6.07, 6.45) is 1.93. The summed E-state index contributed by atoms with van der Waals surface area (Å²) in [6, 6.07) is 5.52. The number of aromatic nitrogens is 2. The van der Waals surface area contributed by atoms with E-state index in [1.807, 2.05) is 39.3 Å². The molecule has 0 saturated carbocycles. The van der Waals surface area contributed by atoms with Crippen LogP contribution in [-0.2, 0) is 0 Å². The van der Waals surface area contributed by atoms with Crippen LogP contribution in [0.25, 0.3) is 0 Å². The third-order valence-corrected chi connectivity index (χ3v) is 3.52. The standard InChI is InChI=1S/C14H16ClN3OS/c1-8-5-10(15)6-9(2)13(8)19-12-7-11(16-3)17-14(18-12)20-4/h5-7H,1-4H3,(H,16,17,18). The zero-order valence-corrected chi connectivity index (χ0v) is 13.4. The predicted octanol–water partition coefficient (Wildman–Crippen LogP) is 4.30. The minimum atomic E-state index is 0.516. The Hall–Kier alpha value is -1.46. The van der Waals surface area contributed by atoms with Crippen molar-refractivity contribution in [3.63, 3.8) is 0 Å². The lowest BCUT2D eigenvalue weighted by Gasteiger charge is -2.12. The first-order chi connectivity index (χ1) is 9.53. The SMILES string of the molecule is CNc1cc(Oc2c(C)cc(Cl)cc2C)nc(SC)n1. The highest BCUT2D eigenvalue weighted by Crippen LogP contribution is 2.31. The van der Waals surface area contributed by atoms with Gasteiger partial charge >= 0.3 is 0 Å². The number of anilines is 1. The summed E-state index contributed by atoms with van der Waals surface area (Å²) in [5.74, 6) is 2.02. The first-order valence-electron chi connectivity index (χ1n) is 6.09. The Morgan fingerprint density at radius 2 is 1.80 bits per heavy atom. The molecule has 0 atom stereocenters. The molecule has 4 nitrogen and oxygen atoms in total. The van der Waals surface area contributed by atoms with Crippen molar-refractivity contribution < 1.29 is 4.74 Å². The number of hydrogen-bond acceptors (Lipinski definition) is 5. The summed E-state index contributed by atoms with van der Waals surface area (Å²) in [7, 11) is 1.81. The van der Waals surface area contributed by atoms with E-state index < -0.39 is 0 Å². The fraction of sp³-hybridized carbons (Fsp3) is 0.286. The Labute approximate surface area is 127 Å². The summed E-state index contributed by atoms with van der Waals surface area (Å²) in [5.41, 5.74) is 1.95. The molecule has 0 amide bonds. The van der Waals surface area contributed by atoms with Gasteiger partial charge in [0.2, 0.25) is 5.88 Å². The van der Waals surface area contributed by atoms with E-state index in [4.69, 9.17) is 16.3 Å². The van der Waals surface area contributed by atoms with Crippen LogP contribution < -0.4 is 10.1 Å². The van der Waals surface area contributed by atoms with E-state index in [1.165, 1.54) is 11.8 Å². The summed E-state index contributed by atoms with van der Waals surface area (Å²) in [6.45, 7) is 3.92. The second kappa shape index (κ2) is 6.33. The molecule has 0 aliphatic carbocycles. The molecule has 0 aliphatic rings. The van der Waals surface area contributed by atoms with E-state index in [0.29, 0.717) is 16.1 Å². The minimum Gasteiger partial charge on any atom is -0.438 e. The van der Waals surface area contributed by atoms with E-state index in [1.54, 1.807) is 6.07 Å². The van der Waals surface area contributed by atoms with Crippen LogP contribution in [0.4, 0.5) is 5.82 Å². The summed E-state index contributed by atoms with van der Waals surface area (Å²) in [5, 5.41) is 4.37. The topological polar surface area (TPSA) is 47.0 Å². The van der Waals surface area contributed by atoms with Gasteiger partial charge in [0.05, 0.1) is 0 Å². The Morgan fingerprint density at radius 1 is 1.15 bits per heavy atom. The van der Waals surface area contributed by atoms with Crippen molar-refractivity contribution in [3.05, 3.63) is 34.3 Å². The molecule has 0 spiro atoms. The Morgan fingerprint density at radius 3 is 2.35 bits per heavy atom. The van der Waals surface area contributed by atoms with Crippen molar-refractivity contribution in [2.45, 2.75) is 19.0 Å². The average molecular weight is 310 g/mol. The van der Waals surface area contributed by atoms with E-state index in [-0.39, 0.29) is 0 Å². The van der Waals surface area contributed by atoms with Crippen LogP contribution in [0, 0.1) is 13.8 Å². The third kappa shape index (κ3) is 3.35. The molecular weight excluding hydrogens is 294 g/mol. The normalized spacial score (nSPS) is 10.4. The van der Waals surface area contributed by atoms with Crippen molar-refractivity contribution in [2.75, 3.05) is 18.6 Å². The zero-order chi connectivity index (χ0) is 14.7. The molecule has 1 aromatic carbocycles. The lowest BCUT2D eigenvalue weighted by atomic mass is 10.1. The molecule has 1 heterocycles. The molecule has 1 aromatic heterocycles. The predicted molar refractivity (Wildman–Crippen MR) is 84.4 cm³/mol. The van der Waals surface area contributed by atoms with Gasteiger partial charge in [0.15, 0.2) is 5.16 Å². The minimum absolute atomic E-state index is 0.516. The molecule has 0 fully saturated rings. The highest BCUT2D eigenvalue weighted by atomic mass is 35.5.